The zero-order valence-corrected chi connectivity index (χ0v) is 11.4. The van der Waals surface area contributed by atoms with E-state index in [2.05, 4.69) is 0 Å². The van der Waals surface area contributed by atoms with E-state index >= 15 is 0 Å². The van der Waals surface area contributed by atoms with E-state index in [1.165, 1.54) is 6.07 Å². The molecular weight excluding hydrogens is 268 g/mol. The van der Waals surface area contributed by atoms with E-state index in [9.17, 15) is 15.0 Å². The summed E-state index contributed by atoms with van der Waals surface area (Å²) in [5, 5.41) is 28.2. The molecule has 4 nitrogen and oxygen atoms in total. The molecule has 0 bridgehead atoms. The van der Waals surface area contributed by atoms with Crippen molar-refractivity contribution in [3.8, 4) is 11.5 Å². The summed E-state index contributed by atoms with van der Waals surface area (Å²) in [4.78, 5) is 11.1. The molecule has 108 valence electrons. The maximum absolute atomic E-state index is 11.1. The molecule has 0 atom stereocenters. The molecule has 0 aliphatic carbocycles. The smallest absolute Gasteiger partial charge is 0.339 e. The molecule has 0 radical (unpaired) electrons. The molecule has 4 heteroatoms. The lowest BCUT2D eigenvalue weighted by molar-refractivity contribution is 0.0692. The van der Waals surface area contributed by atoms with Gasteiger partial charge in [-0.15, -0.1) is 0 Å². The number of allylic oxidation sites excluding steroid dienone is 1. The number of aromatic carboxylic acids is 1. The van der Waals surface area contributed by atoms with Gasteiger partial charge in [-0.25, -0.2) is 4.79 Å². The Bertz CT molecular complexity index is 660. The SMILES string of the molecule is O=C(O)c1c(O)cc(O)cc1CCC=Cc1ccccc1. The van der Waals surface area contributed by atoms with Crippen LogP contribution < -0.4 is 0 Å². The van der Waals surface area contributed by atoms with E-state index in [0.717, 1.165) is 11.6 Å². The third kappa shape index (κ3) is 3.86. The van der Waals surface area contributed by atoms with E-state index in [0.29, 0.717) is 18.4 Å². The zero-order valence-electron chi connectivity index (χ0n) is 11.4. The van der Waals surface area contributed by atoms with Gasteiger partial charge in [-0.2, -0.15) is 0 Å². The predicted molar refractivity (Wildman–Crippen MR) is 80.5 cm³/mol. The Balaban J connectivity index is 2.10. The Labute approximate surface area is 122 Å². The van der Waals surface area contributed by atoms with E-state index in [1.807, 2.05) is 42.5 Å². The molecule has 0 spiro atoms. The average molecular weight is 284 g/mol. The van der Waals surface area contributed by atoms with Crippen molar-refractivity contribution in [1.82, 2.24) is 0 Å². The second-order valence-corrected chi connectivity index (χ2v) is 4.66. The Hall–Kier alpha value is -2.75. The summed E-state index contributed by atoms with van der Waals surface area (Å²) in [7, 11) is 0. The number of phenols is 2. The maximum atomic E-state index is 11.1. The van der Waals surface area contributed by atoms with Gasteiger partial charge in [0.2, 0.25) is 0 Å². The fourth-order valence-electron chi connectivity index (χ4n) is 2.14. The number of phenolic OH excluding ortho intramolecular Hbond substituents is 1. The van der Waals surface area contributed by atoms with Gasteiger partial charge in [0.25, 0.3) is 0 Å². The van der Waals surface area contributed by atoms with Crippen LogP contribution in [0.5, 0.6) is 11.5 Å². The standard InChI is InChI=1S/C17H16O4/c18-14-10-13(16(17(20)21)15(19)11-14)9-5-4-8-12-6-2-1-3-7-12/h1-4,6-8,10-11,18-19H,5,9H2,(H,20,21). The second kappa shape index (κ2) is 6.61. The van der Waals surface area contributed by atoms with Crippen LogP contribution >= 0.6 is 0 Å². The summed E-state index contributed by atoms with van der Waals surface area (Å²) in [6.45, 7) is 0. The van der Waals surface area contributed by atoms with Crippen LogP contribution in [0.4, 0.5) is 0 Å². The Morgan fingerprint density at radius 2 is 1.81 bits per heavy atom. The lowest BCUT2D eigenvalue weighted by atomic mass is 10.0. The molecule has 0 unspecified atom stereocenters. The van der Waals surface area contributed by atoms with E-state index in [1.54, 1.807) is 0 Å². The monoisotopic (exact) mass is 284 g/mol. The molecule has 3 N–H and O–H groups in total. The van der Waals surface area contributed by atoms with Gasteiger partial charge in [0.05, 0.1) is 0 Å². The van der Waals surface area contributed by atoms with E-state index in [-0.39, 0.29) is 11.3 Å². The van der Waals surface area contributed by atoms with Crippen LogP contribution in [-0.4, -0.2) is 21.3 Å². The number of hydrogen-bond acceptors (Lipinski definition) is 3. The number of carboxylic acid groups (broad SMARTS) is 1. The predicted octanol–water partition coefficient (Wildman–Crippen LogP) is 3.44. The highest BCUT2D eigenvalue weighted by molar-refractivity contribution is 5.92. The van der Waals surface area contributed by atoms with Gasteiger partial charge in [-0.3, -0.25) is 0 Å². The minimum Gasteiger partial charge on any atom is -0.508 e. The highest BCUT2D eigenvalue weighted by Crippen LogP contribution is 2.28. The second-order valence-electron chi connectivity index (χ2n) is 4.66. The number of hydrogen-bond donors (Lipinski definition) is 3. The molecule has 0 heterocycles. The fraction of sp³-hybridized carbons (Fsp3) is 0.118. The summed E-state index contributed by atoms with van der Waals surface area (Å²) < 4.78 is 0. The molecule has 2 aromatic carbocycles. The molecule has 0 saturated heterocycles. The average Bonchev–Trinajstić information content (AvgIpc) is 2.43. The van der Waals surface area contributed by atoms with Gasteiger partial charge in [0.1, 0.15) is 17.1 Å². The lowest BCUT2D eigenvalue weighted by Gasteiger charge is -2.07. The number of rotatable bonds is 5. The first-order valence-corrected chi connectivity index (χ1v) is 6.57. The van der Waals surface area contributed by atoms with Crippen LogP contribution in [0.15, 0.2) is 48.5 Å². The van der Waals surface area contributed by atoms with Gasteiger partial charge in [0, 0.05) is 6.07 Å². The molecule has 2 aromatic rings. The van der Waals surface area contributed by atoms with Gasteiger partial charge in [-0.05, 0) is 30.0 Å². The minimum atomic E-state index is -1.20. The molecular formula is C17H16O4. The molecule has 2 rings (SSSR count). The van der Waals surface area contributed by atoms with Crippen LogP contribution in [0.3, 0.4) is 0 Å². The van der Waals surface area contributed by atoms with Crippen LogP contribution in [0.25, 0.3) is 6.08 Å². The Kier molecular flexibility index (Phi) is 4.61. The van der Waals surface area contributed by atoms with Crippen molar-refractivity contribution in [1.29, 1.82) is 0 Å². The summed E-state index contributed by atoms with van der Waals surface area (Å²) in [5.74, 6) is -1.75. The van der Waals surface area contributed by atoms with Crippen molar-refractivity contribution in [2.45, 2.75) is 12.8 Å². The van der Waals surface area contributed by atoms with Gasteiger partial charge >= 0.3 is 5.97 Å². The first kappa shape index (κ1) is 14.7. The van der Waals surface area contributed by atoms with Crippen molar-refractivity contribution in [3.05, 3.63) is 65.2 Å². The number of carbonyl (C=O) groups is 1. The van der Waals surface area contributed by atoms with Crippen LogP contribution in [0.1, 0.15) is 27.9 Å². The number of carboxylic acids is 1. The molecule has 0 aromatic heterocycles. The van der Waals surface area contributed by atoms with E-state index in [4.69, 9.17) is 5.11 Å². The van der Waals surface area contributed by atoms with Gasteiger partial charge in [-0.1, -0.05) is 42.5 Å². The molecule has 0 amide bonds. The zero-order chi connectivity index (χ0) is 15.2. The normalized spacial score (nSPS) is 10.9. The number of benzene rings is 2. The highest BCUT2D eigenvalue weighted by atomic mass is 16.4. The van der Waals surface area contributed by atoms with Gasteiger partial charge < -0.3 is 15.3 Å². The summed E-state index contributed by atoms with van der Waals surface area (Å²) in [5.41, 5.74) is 1.33. The Morgan fingerprint density at radius 1 is 1.10 bits per heavy atom. The summed E-state index contributed by atoms with van der Waals surface area (Å²) in [6, 6.07) is 12.2. The molecule has 21 heavy (non-hydrogen) atoms. The number of aryl methyl sites for hydroxylation is 1. The van der Waals surface area contributed by atoms with Crippen molar-refractivity contribution in [3.63, 3.8) is 0 Å². The number of aromatic hydroxyl groups is 2. The maximum Gasteiger partial charge on any atom is 0.339 e. The van der Waals surface area contributed by atoms with Crippen molar-refractivity contribution < 1.29 is 20.1 Å². The van der Waals surface area contributed by atoms with E-state index < -0.39 is 11.7 Å². The first-order chi connectivity index (χ1) is 10.1. The quantitative estimate of drug-likeness (QED) is 0.786. The van der Waals surface area contributed by atoms with Crippen LogP contribution in [0, 0.1) is 0 Å². The third-order valence-corrected chi connectivity index (χ3v) is 3.09. The lowest BCUT2D eigenvalue weighted by Crippen LogP contribution is -2.03. The third-order valence-electron chi connectivity index (χ3n) is 3.09. The highest BCUT2D eigenvalue weighted by Gasteiger charge is 2.16. The molecule has 0 saturated carbocycles. The molecule has 0 aliphatic heterocycles. The van der Waals surface area contributed by atoms with Crippen LogP contribution in [-0.2, 0) is 6.42 Å². The summed E-state index contributed by atoms with van der Waals surface area (Å²) >= 11 is 0. The Morgan fingerprint density at radius 3 is 2.48 bits per heavy atom. The fourth-order valence-corrected chi connectivity index (χ4v) is 2.14. The first-order valence-electron chi connectivity index (χ1n) is 6.57. The van der Waals surface area contributed by atoms with Crippen molar-refractivity contribution >= 4 is 12.0 Å². The van der Waals surface area contributed by atoms with Gasteiger partial charge in [0.15, 0.2) is 0 Å². The topological polar surface area (TPSA) is 77.8 Å². The minimum absolute atomic E-state index is 0.139. The van der Waals surface area contributed by atoms with Crippen molar-refractivity contribution in [2.24, 2.45) is 0 Å². The van der Waals surface area contributed by atoms with Crippen molar-refractivity contribution in [2.75, 3.05) is 0 Å². The largest absolute Gasteiger partial charge is 0.508 e. The van der Waals surface area contributed by atoms with Crippen LogP contribution in [0.2, 0.25) is 0 Å². The summed E-state index contributed by atoms with van der Waals surface area (Å²) in [6.07, 6.45) is 4.91. The molecule has 0 aliphatic rings. The molecule has 0 fully saturated rings.